The number of aryl methyl sites for hydroxylation is 1. The van der Waals surface area contributed by atoms with Gasteiger partial charge in [0.05, 0.1) is 12.0 Å². The Hall–Kier alpha value is -3.13. The van der Waals surface area contributed by atoms with E-state index < -0.39 is 12.0 Å². The number of benzene rings is 1. The number of likely N-dealkylation sites (tertiary alicyclic amines) is 2. The summed E-state index contributed by atoms with van der Waals surface area (Å²) in [5.74, 6) is 1.37. The van der Waals surface area contributed by atoms with Crippen molar-refractivity contribution in [3.05, 3.63) is 53.2 Å². The Morgan fingerprint density at radius 3 is 2.62 bits per heavy atom. The second-order valence-electron chi connectivity index (χ2n) is 11.1. The summed E-state index contributed by atoms with van der Waals surface area (Å²) >= 11 is 0. The highest BCUT2D eigenvalue weighted by molar-refractivity contribution is 5.82. The van der Waals surface area contributed by atoms with Gasteiger partial charge in [0.15, 0.2) is 0 Å². The number of fused-ring (bicyclic) bond motifs is 1. The third-order valence-corrected chi connectivity index (χ3v) is 8.27. The first-order chi connectivity index (χ1) is 18.0. The van der Waals surface area contributed by atoms with E-state index in [4.69, 9.17) is 9.72 Å². The summed E-state index contributed by atoms with van der Waals surface area (Å²) in [7, 11) is 0. The quantitative estimate of drug-likeness (QED) is 0.568. The summed E-state index contributed by atoms with van der Waals surface area (Å²) in [6, 6.07) is 11.0. The second-order valence-corrected chi connectivity index (χ2v) is 11.1. The van der Waals surface area contributed by atoms with E-state index in [-0.39, 0.29) is 17.9 Å². The van der Waals surface area contributed by atoms with Crippen molar-refractivity contribution in [1.82, 2.24) is 14.8 Å². The summed E-state index contributed by atoms with van der Waals surface area (Å²) < 4.78 is 5.98. The normalized spacial score (nSPS) is 21.5. The summed E-state index contributed by atoms with van der Waals surface area (Å²) in [5.41, 5.74) is 3.13. The van der Waals surface area contributed by atoms with Crippen LogP contribution in [0.5, 0.6) is 5.75 Å². The van der Waals surface area contributed by atoms with E-state index in [0.29, 0.717) is 30.3 Å². The van der Waals surface area contributed by atoms with Crippen LogP contribution >= 0.6 is 0 Å². The minimum absolute atomic E-state index is 0.136. The van der Waals surface area contributed by atoms with Crippen molar-refractivity contribution >= 4 is 17.7 Å². The maximum Gasteiger partial charge on any atom is 0.325 e. The highest BCUT2D eigenvalue weighted by Gasteiger charge is 2.43. The molecule has 4 heterocycles. The lowest BCUT2D eigenvalue weighted by molar-refractivity contribution is -0.153. The number of ether oxygens (including phenoxy) is 1. The van der Waals surface area contributed by atoms with Gasteiger partial charge in [0, 0.05) is 44.0 Å². The molecule has 0 unspecified atom stereocenters. The SMILES string of the molecule is O=C(O)[C@H](c1ccccc1OC1CC1)N1CC(C(=O)N2CCC(Cc3ccc4c(n3)NCCC4)CC2)C1. The molecule has 37 heavy (non-hydrogen) atoms. The molecule has 2 aromatic rings. The molecule has 6 rings (SSSR count). The molecular formula is C29H36N4O4. The first-order valence-corrected chi connectivity index (χ1v) is 13.8. The average Bonchev–Trinajstić information content (AvgIpc) is 3.70. The highest BCUT2D eigenvalue weighted by atomic mass is 16.5. The highest BCUT2D eigenvalue weighted by Crippen LogP contribution is 2.37. The van der Waals surface area contributed by atoms with E-state index in [0.717, 1.165) is 69.7 Å². The number of carboxylic acid groups (broad SMARTS) is 1. The topological polar surface area (TPSA) is 95.0 Å². The Morgan fingerprint density at radius 1 is 1.08 bits per heavy atom. The second kappa shape index (κ2) is 10.3. The number of aromatic nitrogens is 1. The number of nitrogens with zero attached hydrogens (tertiary/aromatic N) is 3. The van der Waals surface area contributed by atoms with Gasteiger partial charge in [-0.15, -0.1) is 0 Å². The number of nitrogens with one attached hydrogen (secondary N) is 1. The van der Waals surface area contributed by atoms with Gasteiger partial charge < -0.3 is 20.1 Å². The Balaban J connectivity index is 1.01. The van der Waals surface area contributed by atoms with Gasteiger partial charge in [-0.3, -0.25) is 14.5 Å². The van der Waals surface area contributed by atoms with E-state index in [2.05, 4.69) is 17.4 Å². The van der Waals surface area contributed by atoms with Crippen LogP contribution in [0.3, 0.4) is 0 Å². The molecule has 0 spiro atoms. The van der Waals surface area contributed by atoms with E-state index in [9.17, 15) is 14.7 Å². The molecule has 0 bridgehead atoms. The third kappa shape index (κ3) is 5.30. The van der Waals surface area contributed by atoms with Gasteiger partial charge in [0.25, 0.3) is 0 Å². The number of hydrogen-bond donors (Lipinski definition) is 2. The van der Waals surface area contributed by atoms with Crippen molar-refractivity contribution in [3.63, 3.8) is 0 Å². The molecule has 3 aliphatic heterocycles. The first-order valence-electron chi connectivity index (χ1n) is 13.8. The number of rotatable bonds is 8. The molecule has 1 aliphatic carbocycles. The first kappa shape index (κ1) is 24.2. The monoisotopic (exact) mass is 504 g/mol. The lowest BCUT2D eigenvalue weighted by atomic mass is 9.89. The Morgan fingerprint density at radius 2 is 1.86 bits per heavy atom. The number of carbonyl (C=O) groups excluding carboxylic acids is 1. The number of amides is 1. The fourth-order valence-electron chi connectivity index (χ4n) is 5.94. The van der Waals surface area contributed by atoms with Crippen LogP contribution in [0.1, 0.15) is 55.0 Å². The zero-order valence-corrected chi connectivity index (χ0v) is 21.3. The number of carboxylic acids is 1. The van der Waals surface area contributed by atoms with Crippen LogP contribution in [0.15, 0.2) is 36.4 Å². The number of piperidine rings is 1. The fourth-order valence-corrected chi connectivity index (χ4v) is 5.94. The Kier molecular flexibility index (Phi) is 6.76. The van der Waals surface area contributed by atoms with Gasteiger partial charge in [0.1, 0.15) is 17.6 Å². The van der Waals surface area contributed by atoms with Crippen molar-refractivity contribution in [3.8, 4) is 5.75 Å². The Labute approximate surface area is 218 Å². The lowest BCUT2D eigenvalue weighted by Crippen LogP contribution is -2.57. The number of anilines is 1. The van der Waals surface area contributed by atoms with E-state index in [1.165, 1.54) is 12.0 Å². The standard InChI is InChI=1S/C29H36N4O4/c34-28(32-14-11-19(12-15-32)16-22-8-7-20-4-3-13-30-27(20)31-22)21-17-33(18-21)26(29(35)36)24-5-1-2-6-25(24)37-23-9-10-23/h1-2,5-8,19,21,23,26H,3-4,9-18H2,(H,30,31)(H,35,36)/t26-/m0/s1. The van der Waals surface area contributed by atoms with Crippen molar-refractivity contribution in [2.45, 2.75) is 57.1 Å². The van der Waals surface area contributed by atoms with E-state index >= 15 is 0 Å². The molecule has 8 heteroatoms. The number of aliphatic carboxylic acids is 1. The van der Waals surface area contributed by atoms with E-state index in [1.54, 1.807) is 0 Å². The summed E-state index contributed by atoms with van der Waals surface area (Å²) in [4.78, 5) is 34.2. The predicted octanol–water partition coefficient (Wildman–Crippen LogP) is 3.52. The minimum atomic E-state index is -0.899. The van der Waals surface area contributed by atoms with Crippen LogP contribution < -0.4 is 10.1 Å². The number of para-hydroxylation sites is 1. The van der Waals surface area contributed by atoms with Crippen molar-refractivity contribution in [2.75, 3.05) is 38.0 Å². The smallest absolute Gasteiger partial charge is 0.325 e. The maximum atomic E-state index is 13.2. The molecule has 1 amide bonds. The molecular weight excluding hydrogens is 468 g/mol. The molecule has 2 saturated heterocycles. The molecule has 2 N–H and O–H groups in total. The van der Waals surface area contributed by atoms with Crippen LogP contribution in [0.4, 0.5) is 5.82 Å². The maximum absolute atomic E-state index is 13.2. The van der Waals surface area contributed by atoms with Gasteiger partial charge >= 0.3 is 5.97 Å². The number of hydrogen-bond acceptors (Lipinski definition) is 6. The predicted molar refractivity (Wildman–Crippen MR) is 140 cm³/mol. The zero-order valence-electron chi connectivity index (χ0n) is 21.3. The van der Waals surface area contributed by atoms with Gasteiger partial charge in [-0.05, 0) is 68.6 Å². The summed E-state index contributed by atoms with van der Waals surface area (Å²) in [6.07, 6.45) is 7.42. The van der Waals surface area contributed by atoms with Crippen LogP contribution in [-0.2, 0) is 22.4 Å². The number of pyridine rings is 1. The van der Waals surface area contributed by atoms with Gasteiger partial charge in [-0.1, -0.05) is 24.3 Å². The molecule has 196 valence electrons. The summed E-state index contributed by atoms with van der Waals surface area (Å²) in [5, 5.41) is 13.4. The fraction of sp³-hybridized carbons (Fsp3) is 0.552. The summed E-state index contributed by atoms with van der Waals surface area (Å²) in [6.45, 7) is 3.48. The molecule has 3 fully saturated rings. The molecule has 0 radical (unpaired) electrons. The van der Waals surface area contributed by atoms with Crippen molar-refractivity contribution in [1.29, 1.82) is 0 Å². The molecule has 4 aliphatic rings. The van der Waals surface area contributed by atoms with Crippen LogP contribution in [-0.4, -0.2) is 70.6 Å². The Bertz CT molecular complexity index is 1150. The van der Waals surface area contributed by atoms with Crippen molar-refractivity contribution < 1.29 is 19.4 Å². The zero-order chi connectivity index (χ0) is 25.4. The third-order valence-electron chi connectivity index (χ3n) is 8.27. The molecule has 1 aromatic carbocycles. The van der Waals surface area contributed by atoms with Crippen LogP contribution in [0.2, 0.25) is 0 Å². The van der Waals surface area contributed by atoms with Crippen LogP contribution in [0.25, 0.3) is 0 Å². The number of carbonyl (C=O) groups is 2. The van der Waals surface area contributed by atoms with Crippen molar-refractivity contribution in [2.24, 2.45) is 11.8 Å². The van der Waals surface area contributed by atoms with Gasteiger partial charge in [0.2, 0.25) is 5.91 Å². The van der Waals surface area contributed by atoms with Crippen LogP contribution in [0, 0.1) is 11.8 Å². The average molecular weight is 505 g/mol. The minimum Gasteiger partial charge on any atom is -0.490 e. The molecule has 8 nitrogen and oxygen atoms in total. The lowest BCUT2D eigenvalue weighted by Gasteiger charge is -2.44. The molecule has 1 saturated carbocycles. The van der Waals surface area contributed by atoms with E-state index in [1.807, 2.05) is 34.1 Å². The largest absolute Gasteiger partial charge is 0.490 e. The van der Waals surface area contributed by atoms with Gasteiger partial charge in [-0.2, -0.15) is 0 Å². The molecule has 1 atom stereocenters. The molecule has 1 aromatic heterocycles. The van der Waals surface area contributed by atoms with Gasteiger partial charge in [-0.25, -0.2) is 4.98 Å².